The maximum atomic E-state index is 11.7. The summed E-state index contributed by atoms with van der Waals surface area (Å²) in [5, 5.41) is 0. The summed E-state index contributed by atoms with van der Waals surface area (Å²) >= 11 is 0. The van der Waals surface area contributed by atoms with E-state index in [0.717, 1.165) is 0 Å². The highest BCUT2D eigenvalue weighted by Gasteiger charge is 2.14. The summed E-state index contributed by atoms with van der Waals surface area (Å²) in [5.41, 5.74) is 6.69. The molecule has 0 radical (unpaired) electrons. The average molecular weight is 275 g/mol. The Morgan fingerprint density at radius 3 is 2.65 bits per heavy atom. The molecule has 0 saturated heterocycles. The van der Waals surface area contributed by atoms with Gasteiger partial charge in [-0.15, -0.1) is 0 Å². The Morgan fingerprint density at radius 2 is 2.05 bits per heavy atom. The Balaban J connectivity index is 2.65. The maximum Gasteiger partial charge on any atom is 0.251 e. The topological polar surface area (TPSA) is 90.2 Å². The molecular weight excluding hydrogens is 258 g/mol. The molecule has 0 aliphatic rings. The van der Waals surface area contributed by atoms with Crippen molar-refractivity contribution in [1.82, 2.24) is 9.97 Å². The first kappa shape index (κ1) is 14.1. The fourth-order valence-electron chi connectivity index (χ4n) is 1.91. The summed E-state index contributed by atoms with van der Waals surface area (Å²) in [6.45, 7) is 1.77. The first-order valence-electron chi connectivity index (χ1n) is 6.15. The fourth-order valence-corrected chi connectivity index (χ4v) is 1.91. The molecule has 3 N–H and O–H groups in total. The van der Waals surface area contributed by atoms with Crippen molar-refractivity contribution in [2.24, 2.45) is 5.73 Å². The highest BCUT2D eigenvalue weighted by atomic mass is 16.5. The van der Waals surface area contributed by atoms with Crippen molar-refractivity contribution >= 4 is 0 Å². The van der Waals surface area contributed by atoms with Crippen LogP contribution in [0.4, 0.5) is 0 Å². The van der Waals surface area contributed by atoms with E-state index >= 15 is 0 Å². The van der Waals surface area contributed by atoms with E-state index in [2.05, 4.69) is 9.97 Å². The van der Waals surface area contributed by atoms with Gasteiger partial charge < -0.3 is 20.2 Å². The van der Waals surface area contributed by atoms with Crippen LogP contribution in [0.5, 0.6) is 11.5 Å². The molecule has 2 rings (SSSR count). The van der Waals surface area contributed by atoms with E-state index in [1.54, 1.807) is 32.2 Å². The van der Waals surface area contributed by atoms with Crippen molar-refractivity contribution in [2.45, 2.75) is 13.0 Å². The molecule has 0 fully saturated rings. The van der Waals surface area contributed by atoms with E-state index < -0.39 is 0 Å². The molecule has 6 nitrogen and oxygen atoms in total. The van der Waals surface area contributed by atoms with E-state index in [9.17, 15) is 4.79 Å². The number of aromatic amines is 1. The van der Waals surface area contributed by atoms with Gasteiger partial charge in [-0.3, -0.25) is 4.79 Å². The van der Waals surface area contributed by atoms with Crippen molar-refractivity contribution in [1.29, 1.82) is 0 Å². The van der Waals surface area contributed by atoms with Crippen molar-refractivity contribution in [3.63, 3.8) is 0 Å². The minimum Gasteiger partial charge on any atom is -0.493 e. The van der Waals surface area contributed by atoms with Gasteiger partial charge in [0.25, 0.3) is 5.56 Å². The van der Waals surface area contributed by atoms with Gasteiger partial charge in [-0.05, 0) is 19.1 Å². The van der Waals surface area contributed by atoms with Crippen LogP contribution in [0.1, 0.15) is 18.7 Å². The van der Waals surface area contributed by atoms with E-state index in [-0.39, 0.29) is 11.6 Å². The second-order valence-electron chi connectivity index (χ2n) is 4.35. The van der Waals surface area contributed by atoms with Gasteiger partial charge in [-0.1, -0.05) is 6.07 Å². The number of ether oxygens (including phenoxy) is 2. The number of nitrogens with two attached hydrogens (primary N) is 1. The number of aromatic nitrogens is 2. The molecule has 0 aliphatic heterocycles. The third-order valence-corrected chi connectivity index (χ3v) is 2.89. The van der Waals surface area contributed by atoms with Crippen molar-refractivity contribution in [3.05, 3.63) is 40.3 Å². The molecular formula is C14H17N3O3. The molecule has 0 bridgehead atoms. The van der Waals surface area contributed by atoms with Crippen LogP contribution in [0.25, 0.3) is 11.4 Å². The van der Waals surface area contributed by atoms with E-state index in [4.69, 9.17) is 15.2 Å². The second-order valence-corrected chi connectivity index (χ2v) is 4.35. The van der Waals surface area contributed by atoms with Crippen molar-refractivity contribution in [2.75, 3.05) is 14.2 Å². The van der Waals surface area contributed by atoms with Crippen LogP contribution in [0.2, 0.25) is 0 Å². The largest absolute Gasteiger partial charge is 0.493 e. The highest BCUT2D eigenvalue weighted by molar-refractivity contribution is 5.68. The zero-order valence-corrected chi connectivity index (χ0v) is 11.6. The van der Waals surface area contributed by atoms with Crippen LogP contribution in [-0.4, -0.2) is 24.2 Å². The number of hydrogen-bond donors (Lipinski definition) is 2. The van der Waals surface area contributed by atoms with Crippen molar-refractivity contribution in [3.8, 4) is 22.9 Å². The Labute approximate surface area is 116 Å². The van der Waals surface area contributed by atoms with Gasteiger partial charge in [0.05, 0.1) is 25.5 Å². The smallest absolute Gasteiger partial charge is 0.251 e. The lowest BCUT2D eigenvalue weighted by Crippen LogP contribution is -2.16. The number of H-pyrrole nitrogens is 1. The third kappa shape index (κ3) is 2.65. The van der Waals surface area contributed by atoms with Gasteiger partial charge in [0.15, 0.2) is 11.5 Å². The Bertz CT molecular complexity index is 665. The fraction of sp³-hybridized carbons (Fsp3) is 0.286. The van der Waals surface area contributed by atoms with Crippen LogP contribution in [0.15, 0.2) is 29.1 Å². The molecule has 1 heterocycles. The summed E-state index contributed by atoms with van der Waals surface area (Å²) in [7, 11) is 3.09. The molecule has 2 aromatic rings. The van der Waals surface area contributed by atoms with E-state index in [1.165, 1.54) is 13.2 Å². The molecule has 0 saturated carbocycles. The molecule has 0 spiro atoms. The number of nitrogens with one attached hydrogen (secondary N) is 1. The summed E-state index contributed by atoms with van der Waals surface area (Å²) < 4.78 is 10.6. The van der Waals surface area contributed by atoms with Crippen LogP contribution in [-0.2, 0) is 0 Å². The summed E-state index contributed by atoms with van der Waals surface area (Å²) in [5.74, 6) is 1.49. The monoisotopic (exact) mass is 275 g/mol. The molecule has 0 amide bonds. The summed E-state index contributed by atoms with van der Waals surface area (Å²) in [4.78, 5) is 18.8. The highest BCUT2D eigenvalue weighted by Crippen LogP contribution is 2.35. The van der Waals surface area contributed by atoms with E-state index in [0.29, 0.717) is 28.6 Å². The third-order valence-electron chi connectivity index (χ3n) is 2.89. The Hall–Kier alpha value is -2.34. The summed E-state index contributed by atoms with van der Waals surface area (Å²) in [6, 6.07) is 6.43. The van der Waals surface area contributed by atoms with Gasteiger partial charge in [-0.2, -0.15) is 0 Å². The maximum absolute atomic E-state index is 11.7. The standard InChI is InChI=1S/C14H17N3O3/c1-8(15)10-7-12(18)17-14(16-10)9-5-4-6-11(19-2)13(9)20-3/h4-8H,15H2,1-3H3,(H,16,17,18). The lowest BCUT2D eigenvalue weighted by molar-refractivity contribution is 0.356. The SMILES string of the molecule is COc1cccc(-c2nc(C(C)N)cc(=O)[nH]2)c1OC. The van der Waals surface area contributed by atoms with E-state index in [1.807, 2.05) is 0 Å². The van der Waals surface area contributed by atoms with Crippen LogP contribution in [0.3, 0.4) is 0 Å². The van der Waals surface area contributed by atoms with Crippen LogP contribution >= 0.6 is 0 Å². The number of rotatable bonds is 4. The lowest BCUT2D eigenvalue weighted by atomic mass is 10.1. The van der Waals surface area contributed by atoms with Gasteiger partial charge in [0.1, 0.15) is 5.82 Å². The molecule has 1 unspecified atom stereocenters. The number of para-hydroxylation sites is 1. The molecule has 6 heteroatoms. The van der Waals surface area contributed by atoms with Gasteiger partial charge in [0, 0.05) is 12.1 Å². The van der Waals surface area contributed by atoms with Gasteiger partial charge in [0.2, 0.25) is 0 Å². The predicted octanol–water partition coefficient (Wildman–Crippen LogP) is 1.47. The molecule has 1 aromatic carbocycles. The van der Waals surface area contributed by atoms with Gasteiger partial charge >= 0.3 is 0 Å². The van der Waals surface area contributed by atoms with Crippen molar-refractivity contribution < 1.29 is 9.47 Å². The minimum absolute atomic E-state index is 0.257. The summed E-state index contributed by atoms with van der Waals surface area (Å²) in [6.07, 6.45) is 0. The molecule has 1 aromatic heterocycles. The molecule has 106 valence electrons. The number of benzene rings is 1. The predicted molar refractivity (Wildman–Crippen MR) is 76.0 cm³/mol. The van der Waals surface area contributed by atoms with Crippen LogP contribution in [0, 0.1) is 0 Å². The zero-order chi connectivity index (χ0) is 14.7. The first-order valence-corrected chi connectivity index (χ1v) is 6.15. The number of nitrogens with zero attached hydrogens (tertiary/aromatic N) is 1. The normalized spacial score (nSPS) is 12.0. The average Bonchev–Trinajstić information content (AvgIpc) is 2.45. The lowest BCUT2D eigenvalue weighted by Gasteiger charge is -2.13. The van der Waals surface area contributed by atoms with Crippen LogP contribution < -0.4 is 20.8 Å². The quantitative estimate of drug-likeness (QED) is 0.882. The molecule has 1 atom stereocenters. The second kappa shape index (κ2) is 5.75. The number of methoxy groups -OCH3 is 2. The zero-order valence-electron chi connectivity index (χ0n) is 11.6. The minimum atomic E-state index is -0.326. The first-order chi connectivity index (χ1) is 9.56. The Morgan fingerprint density at radius 1 is 1.30 bits per heavy atom. The molecule has 20 heavy (non-hydrogen) atoms. The number of hydrogen-bond acceptors (Lipinski definition) is 5. The molecule has 0 aliphatic carbocycles. The van der Waals surface area contributed by atoms with Gasteiger partial charge in [-0.25, -0.2) is 4.98 Å². The Kier molecular flexibility index (Phi) is 4.05.